The van der Waals surface area contributed by atoms with E-state index in [-0.39, 0.29) is 17.7 Å². The van der Waals surface area contributed by atoms with Gasteiger partial charge < -0.3 is 9.47 Å². The molecule has 0 aliphatic rings. The second-order valence-corrected chi connectivity index (χ2v) is 5.89. The molecule has 0 aliphatic heterocycles. The molecule has 0 aromatic heterocycles. The molecule has 130 valence electrons. The fraction of sp³-hybridized carbons (Fsp3) is 0.882. The van der Waals surface area contributed by atoms with Crippen molar-refractivity contribution in [2.24, 2.45) is 5.92 Å². The van der Waals surface area contributed by atoms with Crippen molar-refractivity contribution in [3.63, 3.8) is 0 Å². The van der Waals surface area contributed by atoms with Gasteiger partial charge in [0.2, 0.25) is 0 Å². The SMILES string of the molecule is CCC(=O)OCCCCC(CC)CCCCCOC(=O)CS. The van der Waals surface area contributed by atoms with E-state index in [1.54, 1.807) is 0 Å². The molecule has 0 saturated heterocycles. The molecule has 5 heteroatoms. The molecule has 0 spiro atoms. The van der Waals surface area contributed by atoms with Crippen LogP contribution < -0.4 is 0 Å². The molecular weight excluding hydrogens is 300 g/mol. The quantitative estimate of drug-likeness (QED) is 0.295. The predicted octanol–water partition coefficient (Wildman–Crippen LogP) is 4.17. The second-order valence-electron chi connectivity index (χ2n) is 5.57. The summed E-state index contributed by atoms with van der Waals surface area (Å²) < 4.78 is 10.1. The molecule has 1 unspecified atom stereocenters. The number of carbonyl (C=O) groups excluding carboxylic acids is 2. The average Bonchev–Trinajstić information content (AvgIpc) is 2.54. The maximum Gasteiger partial charge on any atom is 0.315 e. The maximum absolute atomic E-state index is 11.0. The Morgan fingerprint density at radius 2 is 1.41 bits per heavy atom. The van der Waals surface area contributed by atoms with Gasteiger partial charge in [0.05, 0.1) is 19.0 Å². The molecule has 4 nitrogen and oxygen atoms in total. The van der Waals surface area contributed by atoms with Crippen LogP contribution in [0.1, 0.15) is 71.6 Å². The fourth-order valence-corrected chi connectivity index (χ4v) is 2.41. The molecular formula is C17H32O4S. The van der Waals surface area contributed by atoms with Crippen LogP contribution >= 0.6 is 12.6 Å². The molecule has 0 bridgehead atoms. The van der Waals surface area contributed by atoms with E-state index in [2.05, 4.69) is 19.6 Å². The zero-order valence-electron chi connectivity index (χ0n) is 14.1. The van der Waals surface area contributed by atoms with E-state index in [1.165, 1.54) is 25.7 Å². The fourth-order valence-electron chi connectivity index (χ4n) is 2.32. The summed E-state index contributed by atoms with van der Waals surface area (Å²) in [6.45, 7) is 5.11. The van der Waals surface area contributed by atoms with E-state index in [0.717, 1.165) is 31.6 Å². The lowest BCUT2D eigenvalue weighted by molar-refractivity contribution is -0.143. The van der Waals surface area contributed by atoms with Gasteiger partial charge in [0.15, 0.2) is 0 Å². The zero-order valence-corrected chi connectivity index (χ0v) is 15.0. The molecule has 0 fully saturated rings. The van der Waals surface area contributed by atoms with Gasteiger partial charge in [-0.1, -0.05) is 46.0 Å². The molecule has 0 aromatic rings. The van der Waals surface area contributed by atoms with E-state index in [4.69, 9.17) is 9.47 Å². The second kappa shape index (κ2) is 15.2. The van der Waals surface area contributed by atoms with Crippen LogP contribution in [0.25, 0.3) is 0 Å². The smallest absolute Gasteiger partial charge is 0.315 e. The van der Waals surface area contributed by atoms with Crippen molar-refractivity contribution in [2.45, 2.75) is 71.6 Å². The monoisotopic (exact) mass is 332 g/mol. The topological polar surface area (TPSA) is 52.6 Å². The maximum atomic E-state index is 11.0. The highest BCUT2D eigenvalue weighted by molar-refractivity contribution is 7.81. The summed E-state index contributed by atoms with van der Waals surface area (Å²) in [4.78, 5) is 21.9. The Balaban J connectivity index is 3.47. The molecule has 0 amide bonds. The Labute approximate surface area is 140 Å². The minimum absolute atomic E-state index is 0.106. The first-order chi connectivity index (χ1) is 10.6. The minimum atomic E-state index is -0.237. The summed E-state index contributed by atoms with van der Waals surface area (Å²) >= 11 is 3.86. The number of hydrogen-bond donors (Lipinski definition) is 1. The molecule has 0 rings (SSSR count). The van der Waals surface area contributed by atoms with Crippen LogP contribution in [0.2, 0.25) is 0 Å². The first-order valence-electron chi connectivity index (χ1n) is 8.56. The number of thiol groups is 1. The van der Waals surface area contributed by atoms with Crippen molar-refractivity contribution in [1.29, 1.82) is 0 Å². The largest absolute Gasteiger partial charge is 0.466 e. The van der Waals surface area contributed by atoms with Crippen LogP contribution in [0.5, 0.6) is 0 Å². The number of rotatable bonds is 14. The minimum Gasteiger partial charge on any atom is -0.466 e. The van der Waals surface area contributed by atoms with Crippen molar-refractivity contribution in [3.8, 4) is 0 Å². The summed E-state index contributed by atoms with van der Waals surface area (Å²) in [7, 11) is 0. The third-order valence-electron chi connectivity index (χ3n) is 3.78. The van der Waals surface area contributed by atoms with Crippen LogP contribution in [0, 0.1) is 5.92 Å². The van der Waals surface area contributed by atoms with Gasteiger partial charge in [-0.25, -0.2) is 0 Å². The normalized spacial score (nSPS) is 12.0. The Hall–Kier alpha value is -0.710. The number of ether oxygens (including phenoxy) is 2. The van der Waals surface area contributed by atoms with Crippen LogP contribution in [0.4, 0.5) is 0 Å². The van der Waals surface area contributed by atoms with Gasteiger partial charge in [-0.2, -0.15) is 12.6 Å². The summed E-state index contributed by atoms with van der Waals surface area (Å²) in [5.74, 6) is 0.567. The third kappa shape index (κ3) is 13.0. The molecule has 22 heavy (non-hydrogen) atoms. The van der Waals surface area contributed by atoms with E-state index in [0.29, 0.717) is 19.6 Å². The molecule has 0 heterocycles. The lowest BCUT2D eigenvalue weighted by Crippen LogP contribution is -2.07. The summed E-state index contributed by atoms with van der Waals surface area (Å²) in [5, 5.41) is 0. The van der Waals surface area contributed by atoms with Gasteiger partial charge >= 0.3 is 11.9 Å². The average molecular weight is 333 g/mol. The molecule has 1 atom stereocenters. The van der Waals surface area contributed by atoms with Crippen molar-refractivity contribution in [2.75, 3.05) is 19.0 Å². The van der Waals surface area contributed by atoms with E-state index in [9.17, 15) is 9.59 Å². The molecule has 0 N–H and O–H groups in total. The Kier molecular flexibility index (Phi) is 14.7. The zero-order chi connectivity index (χ0) is 16.6. The van der Waals surface area contributed by atoms with E-state index in [1.807, 2.05) is 6.92 Å². The summed E-state index contributed by atoms with van der Waals surface area (Å²) in [5.41, 5.74) is 0. The van der Waals surface area contributed by atoms with Gasteiger partial charge in [-0.05, 0) is 25.2 Å². The molecule has 0 aromatic carbocycles. The van der Waals surface area contributed by atoms with Gasteiger partial charge in [0.25, 0.3) is 0 Å². The number of unbranched alkanes of at least 4 members (excludes halogenated alkanes) is 3. The Bertz CT molecular complexity index is 294. The van der Waals surface area contributed by atoms with Crippen LogP contribution in [0.3, 0.4) is 0 Å². The summed E-state index contributed by atoms with van der Waals surface area (Å²) in [6, 6.07) is 0. The molecule has 0 radical (unpaired) electrons. The van der Waals surface area contributed by atoms with Crippen molar-refractivity contribution < 1.29 is 19.1 Å². The van der Waals surface area contributed by atoms with Gasteiger partial charge in [-0.3, -0.25) is 9.59 Å². The van der Waals surface area contributed by atoms with Crippen molar-refractivity contribution in [3.05, 3.63) is 0 Å². The number of hydrogen-bond acceptors (Lipinski definition) is 5. The first-order valence-corrected chi connectivity index (χ1v) is 9.19. The van der Waals surface area contributed by atoms with Crippen LogP contribution in [-0.4, -0.2) is 30.9 Å². The lowest BCUT2D eigenvalue weighted by Gasteiger charge is -2.14. The Morgan fingerprint density at radius 1 is 0.864 bits per heavy atom. The van der Waals surface area contributed by atoms with Gasteiger partial charge in [-0.15, -0.1) is 0 Å². The highest BCUT2D eigenvalue weighted by Crippen LogP contribution is 2.20. The van der Waals surface area contributed by atoms with E-state index >= 15 is 0 Å². The highest BCUT2D eigenvalue weighted by Gasteiger charge is 2.07. The first kappa shape index (κ1) is 21.3. The lowest BCUT2D eigenvalue weighted by atomic mass is 9.93. The van der Waals surface area contributed by atoms with E-state index < -0.39 is 0 Å². The molecule has 0 saturated carbocycles. The highest BCUT2D eigenvalue weighted by atomic mass is 32.1. The Morgan fingerprint density at radius 3 is 1.95 bits per heavy atom. The van der Waals surface area contributed by atoms with Gasteiger partial charge in [0.1, 0.15) is 0 Å². The number of carbonyl (C=O) groups is 2. The predicted molar refractivity (Wildman–Crippen MR) is 92.2 cm³/mol. The van der Waals surface area contributed by atoms with Crippen molar-refractivity contribution in [1.82, 2.24) is 0 Å². The standard InChI is InChI=1S/C17H32O4S/c1-3-15(11-7-9-13-20-16(18)4-2)10-6-5-8-12-21-17(19)14-22/h15,22H,3-14H2,1-2H3. The third-order valence-corrected chi connectivity index (χ3v) is 4.04. The van der Waals surface area contributed by atoms with Crippen LogP contribution in [-0.2, 0) is 19.1 Å². The molecule has 0 aliphatic carbocycles. The number of esters is 2. The van der Waals surface area contributed by atoms with Crippen molar-refractivity contribution >= 4 is 24.6 Å². The summed E-state index contributed by atoms with van der Waals surface area (Å²) in [6.07, 6.45) is 9.39. The van der Waals surface area contributed by atoms with Crippen LogP contribution in [0.15, 0.2) is 0 Å². The van der Waals surface area contributed by atoms with Gasteiger partial charge in [0, 0.05) is 6.42 Å².